The number of hydrogen-bond donors (Lipinski definition) is 2. The molecule has 0 bridgehead atoms. The molecule has 1 aromatic heterocycles. The topological polar surface area (TPSA) is 118 Å². The molecule has 5 rings (SSSR count). The first-order chi connectivity index (χ1) is 18.8. The van der Waals surface area contributed by atoms with Crippen molar-refractivity contribution in [1.29, 1.82) is 5.26 Å². The van der Waals surface area contributed by atoms with Crippen molar-refractivity contribution in [1.82, 2.24) is 15.5 Å². The van der Waals surface area contributed by atoms with Gasteiger partial charge in [-0.25, -0.2) is 0 Å². The zero-order chi connectivity index (χ0) is 27.4. The number of benzene rings is 3. The third-order valence-electron chi connectivity index (χ3n) is 6.56. The van der Waals surface area contributed by atoms with Gasteiger partial charge in [0.1, 0.15) is 0 Å². The second-order valence-electron chi connectivity index (χ2n) is 10.2. The Morgan fingerprint density at radius 1 is 1.10 bits per heavy atom. The molecule has 0 aliphatic heterocycles. The van der Waals surface area contributed by atoms with Gasteiger partial charge in [0.15, 0.2) is 0 Å². The number of nitriles is 1. The fourth-order valence-corrected chi connectivity index (χ4v) is 4.32. The largest absolute Gasteiger partial charge is 0.419 e. The van der Waals surface area contributed by atoms with Gasteiger partial charge in [-0.2, -0.15) is 5.26 Å². The number of nitrogens with one attached hydrogen (secondary N) is 1. The van der Waals surface area contributed by atoms with Crippen molar-refractivity contribution in [3.05, 3.63) is 95.4 Å². The molecule has 39 heavy (non-hydrogen) atoms. The van der Waals surface area contributed by atoms with E-state index in [1.165, 1.54) is 0 Å². The number of hydrogen-bond acceptors (Lipinski definition) is 6. The number of carbonyl (C=O) groups excluding carboxylic acids is 1. The summed E-state index contributed by atoms with van der Waals surface area (Å²) < 4.78 is 6.08. The molecule has 1 heterocycles. The van der Waals surface area contributed by atoms with Gasteiger partial charge in [-0.3, -0.25) is 4.79 Å². The van der Waals surface area contributed by atoms with E-state index in [1.807, 2.05) is 62.4 Å². The van der Waals surface area contributed by atoms with Gasteiger partial charge in [0.2, 0.25) is 11.8 Å². The van der Waals surface area contributed by atoms with Crippen LogP contribution >= 0.6 is 0 Å². The maximum Gasteiger partial charge on any atom is 0.252 e. The average molecular weight is 516 g/mol. The van der Waals surface area contributed by atoms with Crippen molar-refractivity contribution in [2.75, 3.05) is 0 Å². The summed E-state index contributed by atoms with van der Waals surface area (Å²) in [5, 5.41) is 21.2. The molecule has 4 aromatic rings. The highest BCUT2D eigenvalue weighted by Crippen LogP contribution is 2.32. The van der Waals surface area contributed by atoms with Crippen LogP contribution in [0.25, 0.3) is 22.6 Å². The van der Waals surface area contributed by atoms with Gasteiger partial charge in [0, 0.05) is 17.0 Å². The van der Waals surface area contributed by atoms with E-state index in [-0.39, 0.29) is 17.8 Å². The minimum absolute atomic E-state index is 0.238. The van der Waals surface area contributed by atoms with Crippen LogP contribution in [0.2, 0.25) is 0 Å². The third kappa shape index (κ3) is 6.23. The molecule has 0 saturated heterocycles. The summed E-state index contributed by atoms with van der Waals surface area (Å²) in [7, 11) is 0. The van der Waals surface area contributed by atoms with Crippen LogP contribution in [0.4, 0.5) is 0 Å². The number of nitrogens with two attached hydrogens (primary N) is 1. The Morgan fingerprint density at radius 3 is 2.56 bits per heavy atom. The zero-order valence-corrected chi connectivity index (χ0v) is 21.9. The molecule has 1 aliphatic carbocycles. The minimum atomic E-state index is -0.895. The quantitative estimate of drug-likeness (QED) is 0.326. The number of aromatic nitrogens is 2. The Labute approximate surface area is 228 Å². The predicted octanol–water partition coefficient (Wildman–Crippen LogP) is 5.22. The standard InChI is InChI=1S/C32H29N5O2/c1-21(12-13-22-14-15-22)35-29(38)26-16-25(28-11-7-6-10-24(28)20-33)17-27(18-26)30-36-37-31(39-30)32(2,34)19-23-8-4-3-5-9-23/h3-11,16-18,21-22H,14-15,19,34H2,1-2H3,(H,35,38)/t21-,32+/m1/s1. The van der Waals surface area contributed by atoms with Crippen molar-refractivity contribution in [2.45, 2.75) is 44.7 Å². The number of amides is 1. The summed E-state index contributed by atoms with van der Waals surface area (Å²) in [5.41, 5.74) is 9.58. The zero-order valence-electron chi connectivity index (χ0n) is 21.9. The maximum absolute atomic E-state index is 13.3. The van der Waals surface area contributed by atoms with Gasteiger partial charge in [0.05, 0.1) is 23.2 Å². The van der Waals surface area contributed by atoms with Gasteiger partial charge in [-0.1, -0.05) is 60.4 Å². The second kappa shape index (κ2) is 10.9. The van der Waals surface area contributed by atoms with E-state index in [1.54, 1.807) is 24.3 Å². The smallest absolute Gasteiger partial charge is 0.252 e. The molecule has 1 fully saturated rings. The highest BCUT2D eigenvalue weighted by atomic mass is 16.4. The molecule has 1 aliphatic rings. The van der Waals surface area contributed by atoms with E-state index in [9.17, 15) is 10.1 Å². The Bertz CT molecular complexity index is 1600. The Hall–Kier alpha value is -4.72. The van der Waals surface area contributed by atoms with E-state index >= 15 is 0 Å². The average Bonchev–Trinajstić information content (AvgIpc) is 3.64. The van der Waals surface area contributed by atoms with Crippen molar-refractivity contribution in [2.24, 2.45) is 11.7 Å². The second-order valence-corrected chi connectivity index (χ2v) is 10.2. The van der Waals surface area contributed by atoms with Gasteiger partial charge < -0.3 is 15.5 Å². The molecule has 0 unspecified atom stereocenters. The van der Waals surface area contributed by atoms with E-state index in [0.717, 1.165) is 18.4 Å². The molecule has 1 saturated carbocycles. The summed E-state index contributed by atoms with van der Waals surface area (Å²) in [6, 6.07) is 24.3. The maximum atomic E-state index is 13.3. The highest BCUT2D eigenvalue weighted by molar-refractivity contribution is 5.97. The minimum Gasteiger partial charge on any atom is -0.419 e. The normalized spacial score (nSPS) is 14.8. The highest BCUT2D eigenvalue weighted by Gasteiger charge is 2.29. The van der Waals surface area contributed by atoms with Crippen LogP contribution in [0.3, 0.4) is 0 Å². The molecule has 7 heteroatoms. The van der Waals surface area contributed by atoms with Crippen LogP contribution in [0.5, 0.6) is 0 Å². The van der Waals surface area contributed by atoms with Crippen molar-refractivity contribution >= 4 is 5.91 Å². The first-order valence-corrected chi connectivity index (χ1v) is 13.0. The van der Waals surface area contributed by atoms with Crippen LogP contribution in [0.1, 0.15) is 54.1 Å². The van der Waals surface area contributed by atoms with E-state index in [0.29, 0.717) is 46.0 Å². The summed E-state index contributed by atoms with van der Waals surface area (Å²) in [6.45, 7) is 3.71. The van der Waals surface area contributed by atoms with Crippen LogP contribution < -0.4 is 11.1 Å². The molecule has 0 spiro atoms. The number of rotatable bonds is 7. The van der Waals surface area contributed by atoms with E-state index < -0.39 is 5.54 Å². The lowest BCUT2D eigenvalue weighted by molar-refractivity contribution is 0.0948. The molecule has 7 nitrogen and oxygen atoms in total. The third-order valence-corrected chi connectivity index (χ3v) is 6.56. The van der Waals surface area contributed by atoms with Gasteiger partial charge in [0.25, 0.3) is 5.91 Å². The van der Waals surface area contributed by atoms with Crippen LogP contribution in [0.15, 0.2) is 77.2 Å². The van der Waals surface area contributed by atoms with Crippen LogP contribution in [0, 0.1) is 29.1 Å². The molecular weight excluding hydrogens is 486 g/mol. The van der Waals surface area contributed by atoms with Crippen molar-refractivity contribution in [3.63, 3.8) is 0 Å². The van der Waals surface area contributed by atoms with E-state index in [4.69, 9.17) is 10.2 Å². The monoisotopic (exact) mass is 515 g/mol. The summed E-state index contributed by atoms with van der Waals surface area (Å²) >= 11 is 0. The van der Waals surface area contributed by atoms with Crippen molar-refractivity contribution < 1.29 is 9.21 Å². The summed E-state index contributed by atoms with van der Waals surface area (Å²) in [5.74, 6) is 7.00. The molecule has 3 N–H and O–H groups in total. The number of carbonyl (C=O) groups is 1. The lowest BCUT2D eigenvalue weighted by atomic mass is 9.94. The molecule has 194 valence electrons. The lowest BCUT2D eigenvalue weighted by Gasteiger charge is -2.20. The molecule has 1 amide bonds. The van der Waals surface area contributed by atoms with Gasteiger partial charge in [-0.05, 0) is 74.1 Å². The Morgan fingerprint density at radius 2 is 1.82 bits per heavy atom. The molecule has 0 radical (unpaired) electrons. The fourth-order valence-electron chi connectivity index (χ4n) is 4.32. The summed E-state index contributed by atoms with van der Waals surface area (Å²) in [4.78, 5) is 13.3. The first kappa shape index (κ1) is 25.9. The molecular formula is C32H29N5O2. The first-order valence-electron chi connectivity index (χ1n) is 13.0. The molecule has 2 atom stereocenters. The SMILES string of the molecule is C[C@H](C#CC1CC1)NC(=O)c1cc(-c2nnc([C@@](C)(N)Cc3ccccc3)o2)cc(-c2ccccc2C#N)c1. The fraction of sp³-hybridized carbons (Fsp3) is 0.250. The summed E-state index contributed by atoms with van der Waals surface area (Å²) in [6.07, 6.45) is 2.76. The van der Waals surface area contributed by atoms with Crippen LogP contribution in [-0.4, -0.2) is 22.1 Å². The Kier molecular flexibility index (Phi) is 7.27. The number of nitrogens with zero attached hydrogens (tertiary/aromatic N) is 3. The van der Waals surface area contributed by atoms with Gasteiger partial charge in [-0.15, -0.1) is 10.2 Å². The van der Waals surface area contributed by atoms with Crippen LogP contribution in [-0.2, 0) is 12.0 Å². The Balaban J connectivity index is 1.50. The van der Waals surface area contributed by atoms with Crippen molar-refractivity contribution in [3.8, 4) is 40.5 Å². The lowest BCUT2D eigenvalue weighted by Crippen LogP contribution is -2.35. The van der Waals surface area contributed by atoms with E-state index in [2.05, 4.69) is 33.4 Å². The van der Waals surface area contributed by atoms with Gasteiger partial charge >= 0.3 is 0 Å². The molecule has 3 aromatic carbocycles. The predicted molar refractivity (Wildman–Crippen MR) is 149 cm³/mol.